The van der Waals surface area contributed by atoms with E-state index >= 15 is 0 Å². The molecule has 8 heteroatoms. The Morgan fingerprint density at radius 3 is 2.76 bits per heavy atom. The van der Waals surface area contributed by atoms with Crippen LogP contribution in [0.1, 0.15) is 24.5 Å². The van der Waals surface area contributed by atoms with Crippen LogP contribution in [0.15, 0.2) is 33.8 Å². The predicted octanol–water partition coefficient (Wildman–Crippen LogP) is 4.21. The zero-order chi connectivity index (χ0) is 15.3. The van der Waals surface area contributed by atoms with Crippen molar-refractivity contribution >= 4 is 23.3 Å². The third-order valence-electron chi connectivity index (χ3n) is 2.68. The lowest BCUT2D eigenvalue weighted by Crippen LogP contribution is -2.18. The van der Waals surface area contributed by atoms with E-state index in [1.807, 2.05) is 6.92 Å². The Bertz CT molecular complexity index is 571. The Morgan fingerprint density at radius 1 is 1.33 bits per heavy atom. The van der Waals surface area contributed by atoms with E-state index in [1.165, 1.54) is 30.2 Å². The number of aromatic nitrogens is 2. The van der Waals surface area contributed by atoms with Gasteiger partial charge < -0.3 is 5.32 Å². The summed E-state index contributed by atoms with van der Waals surface area (Å²) in [5.41, 5.74) is -0.335. The van der Waals surface area contributed by atoms with Gasteiger partial charge in [-0.3, -0.25) is 0 Å². The molecule has 0 atom stereocenters. The Kier molecular flexibility index (Phi) is 5.60. The fourth-order valence-corrected chi connectivity index (χ4v) is 3.21. The van der Waals surface area contributed by atoms with Crippen LogP contribution in [0.2, 0.25) is 0 Å². The minimum absolute atomic E-state index is 0.215. The first-order valence-corrected chi connectivity index (χ1v) is 7.95. The molecule has 1 heterocycles. The standard InChI is InChI=1S/C13H14F3N3S2/c1-2-5-17-7-9-3-4-10(6-11(9)13(14,15)16)20-12-18-8-19-21-12/h3-4,6,8,17H,2,5,7H2,1H3. The molecule has 1 aromatic heterocycles. The van der Waals surface area contributed by atoms with Gasteiger partial charge in [-0.05, 0) is 42.2 Å². The fourth-order valence-electron chi connectivity index (χ4n) is 1.75. The van der Waals surface area contributed by atoms with Crippen LogP contribution < -0.4 is 5.32 Å². The molecule has 0 aliphatic heterocycles. The second-order valence-electron chi connectivity index (χ2n) is 4.30. The molecule has 3 nitrogen and oxygen atoms in total. The van der Waals surface area contributed by atoms with Crippen LogP contribution in [0.5, 0.6) is 0 Å². The van der Waals surface area contributed by atoms with Crippen molar-refractivity contribution in [3.63, 3.8) is 0 Å². The largest absolute Gasteiger partial charge is 0.416 e. The van der Waals surface area contributed by atoms with E-state index in [0.29, 0.717) is 15.8 Å². The Balaban J connectivity index is 2.22. The summed E-state index contributed by atoms with van der Waals surface area (Å²) in [5, 5.41) is 3.00. The van der Waals surface area contributed by atoms with Crippen molar-refractivity contribution in [2.75, 3.05) is 6.54 Å². The lowest BCUT2D eigenvalue weighted by molar-refractivity contribution is -0.138. The number of hydrogen-bond donors (Lipinski definition) is 1. The second kappa shape index (κ2) is 7.24. The number of nitrogens with zero attached hydrogens (tertiary/aromatic N) is 2. The highest BCUT2D eigenvalue weighted by Crippen LogP contribution is 2.36. The van der Waals surface area contributed by atoms with Crippen molar-refractivity contribution in [3.05, 3.63) is 35.7 Å². The highest BCUT2D eigenvalue weighted by Gasteiger charge is 2.33. The first kappa shape index (κ1) is 16.3. The maximum absolute atomic E-state index is 13.2. The van der Waals surface area contributed by atoms with Crippen LogP contribution in [0.4, 0.5) is 13.2 Å². The van der Waals surface area contributed by atoms with Gasteiger partial charge in [0.2, 0.25) is 0 Å². The Hall–Kier alpha value is -1.12. The number of benzene rings is 1. The quantitative estimate of drug-likeness (QED) is 0.804. The highest BCUT2D eigenvalue weighted by atomic mass is 32.2. The molecule has 0 unspecified atom stereocenters. The van der Waals surface area contributed by atoms with E-state index in [9.17, 15) is 13.2 Å². The molecule has 0 saturated heterocycles. The number of alkyl halides is 3. The molecule has 2 rings (SSSR count). The van der Waals surface area contributed by atoms with Gasteiger partial charge in [0.15, 0.2) is 4.34 Å². The predicted molar refractivity (Wildman–Crippen MR) is 77.5 cm³/mol. The number of halogens is 3. The lowest BCUT2D eigenvalue weighted by atomic mass is 10.1. The molecule has 1 aromatic carbocycles. The van der Waals surface area contributed by atoms with Gasteiger partial charge in [0.1, 0.15) is 6.33 Å². The molecular weight excluding hydrogens is 319 g/mol. The van der Waals surface area contributed by atoms with Crippen molar-refractivity contribution in [2.24, 2.45) is 0 Å². The first-order chi connectivity index (χ1) is 10.0. The summed E-state index contributed by atoms with van der Waals surface area (Å²) in [7, 11) is 0. The first-order valence-electron chi connectivity index (χ1n) is 6.36. The molecule has 0 fully saturated rings. The van der Waals surface area contributed by atoms with Crippen LogP contribution in [0.3, 0.4) is 0 Å². The molecule has 0 amide bonds. The fraction of sp³-hybridized carbons (Fsp3) is 0.385. The third kappa shape index (κ3) is 4.69. The molecule has 0 aliphatic carbocycles. The zero-order valence-electron chi connectivity index (χ0n) is 11.3. The zero-order valence-corrected chi connectivity index (χ0v) is 12.9. The Labute approximate surface area is 129 Å². The van der Waals surface area contributed by atoms with Crippen LogP contribution in [-0.2, 0) is 12.7 Å². The van der Waals surface area contributed by atoms with Crippen molar-refractivity contribution in [2.45, 2.75) is 35.3 Å². The van der Waals surface area contributed by atoms with Crippen molar-refractivity contribution < 1.29 is 13.2 Å². The summed E-state index contributed by atoms with van der Waals surface area (Å²) >= 11 is 2.35. The normalized spacial score (nSPS) is 11.8. The van der Waals surface area contributed by atoms with Crippen LogP contribution in [0.25, 0.3) is 0 Å². The molecule has 2 aromatic rings. The summed E-state index contributed by atoms with van der Waals surface area (Å²) in [4.78, 5) is 4.48. The van der Waals surface area contributed by atoms with Gasteiger partial charge in [0.05, 0.1) is 5.56 Å². The summed E-state index contributed by atoms with van der Waals surface area (Å²) in [6.07, 6.45) is -2.09. The maximum Gasteiger partial charge on any atom is 0.416 e. The lowest BCUT2D eigenvalue weighted by Gasteiger charge is -2.14. The molecule has 0 radical (unpaired) electrons. The summed E-state index contributed by atoms with van der Waals surface area (Å²) in [6, 6.07) is 4.38. The molecule has 0 spiro atoms. The van der Waals surface area contributed by atoms with E-state index in [0.717, 1.165) is 18.0 Å². The summed E-state index contributed by atoms with van der Waals surface area (Å²) in [5.74, 6) is 0. The number of rotatable bonds is 6. The molecule has 0 aliphatic rings. The van der Waals surface area contributed by atoms with Gasteiger partial charge in [0, 0.05) is 11.4 Å². The number of hydrogen-bond acceptors (Lipinski definition) is 5. The minimum Gasteiger partial charge on any atom is -0.313 e. The van der Waals surface area contributed by atoms with Crippen molar-refractivity contribution in [3.8, 4) is 0 Å². The topological polar surface area (TPSA) is 37.8 Å². The van der Waals surface area contributed by atoms with Gasteiger partial charge in [-0.1, -0.05) is 24.8 Å². The van der Waals surface area contributed by atoms with Crippen molar-refractivity contribution in [1.29, 1.82) is 0 Å². The Morgan fingerprint density at radius 2 is 2.14 bits per heavy atom. The van der Waals surface area contributed by atoms with E-state index in [-0.39, 0.29) is 12.1 Å². The van der Waals surface area contributed by atoms with Crippen LogP contribution >= 0.6 is 23.3 Å². The average molecular weight is 333 g/mol. The maximum atomic E-state index is 13.2. The summed E-state index contributed by atoms with van der Waals surface area (Å²) in [6.45, 7) is 2.88. The molecule has 114 valence electrons. The van der Waals surface area contributed by atoms with E-state index in [1.54, 1.807) is 6.07 Å². The van der Waals surface area contributed by atoms with E-state index in [2.05, 4.69) is 14.7 Å². The molecule has 21 heavy (non-hydrogen) atoms. The SMILES string of the molecule is CCCNCc1ccc(Sc2ncns2)cc1C(F)(F)F. The summed E-state index contributed by atoms with van der Waals surface area (Å²) < 4.78 is 43.9. The van der Waals surface area contributed by atoms with E-state index in [4.69, 9.17) is 0 Å². The molecular formula is C13H14F3N3S2. The molecule has 0 saturated carbocycles. The second-order valence-corrected chi connectivity index (χ2v) is 6.40. The minimum atomic E-state index is -4.36. The highest BCUT2D eigenvalue weighted by molar-refractivity contribution is 8.01. The monoisotopic (exact) mass is 333 g/mol. The number of nitrogens with one attached hydrogen (secondary N) is 1. The molecule has 1 N–H and O–H groups in total. The van der Waals surface area contributed by atoms with E-state index < -0.39 is 11.7 Å². The van der Waals surface area contributed by atoms with Gasteiger partial charge in [-0.2, -0.15) is 17.5 Å². The van der Waals surface area contributed by atoms with Gasteiger partial charge in [0.25, 0.3) is 0 Å². The average Bonchev–Trinajstić information content (AvgIpc) is 2.92. The van der Waals surface area contributed by atoms with Gasteiger partial charge >= 0.3 is 6.18 Å². The van der Waals surface area contributed by atoms with Crippen LogP contribution in [-0.4, -0.2) is 15.9 Å². The van der Waals surface area contributed by atoms with Gasteiger partial charge in [-0.15, -0.1) is 0 Å². The van der Waals surface area contributed by atoms with Crippen molar-refractivity contribution in [1.82, 2.24) is 14.7 Å². The van der Waals surface area contributed by atoms with Crippen LogP contribution in [0, 0.1) is 0 Å². The molecule has 0 bridgehead atoms. The smallest absolute Gasteiger partial charge is 0.313 e. The van der Waals surface area contributed by atoms with Gasteiger partial charge in [-0.25, -0.2) is 4.98 Å². The third-order valence-corrected chi connectivity index (χ3v) is 4.38.